The molecule has 2 amide bonds. The van der Waals surface area contributed by atoms with Gasteiger partial charge in [0.05, 0.1) is 12.6 Å². The van der Waals surface area contributed by atoms with E-state index in [0.29, 0.717) is 19.8 Å². The standard InChI is InChI=1S/C21H24N2O4/c1-25-17-5-2-15(3-6-17)8-11-22-20(24)23-21(9-10-21)16-4-7-18-19(14-16)27-13-12-26-18/h2-7,14H,8-13H2,1H3,(H2,22,23,24). The third-order valence-electron chi connectivity index (χ3n) is 5.06. The van der Waals surface area contributed by atoms with E-state index in [1.807, 2.05) is 42.5 Å². The zero-order valence-corrected chi connectivity index (χ0v) is 15.4. The summed E-state index contributed by atoms with van der Waals surface area (Å²) in [6.45, 7) is 1.71. The summed E-state index contributed by atoms with van der Waals surface area (Å²) in [5.41, 5.74) is 1.93. The van der Waals surface area contributed by atoms with Crippen LogP contribution in [0.3, 0.4) is 0 Å². The first-order valence-corrected chi connectivity index (χ1v) is 9.28. The van der Waals surface area contributed by atoms with Crippen LogP contribution >= 0.6 is 0 Å². The average molecular weight is 368 g/mol. The Kier molecular flexibility index (Phi) is 4.79. The van der Waals surface area contributed by atoms with Gasteiger partial charge in [0.1, 0.15) is 19.0 Å². The highest BCUT2D eigenvalue weighted by atomic mass is 16.6. The molecule has 0 atom stereocenters. The smallest absolute Gasteiger partial charge is 0.315 e. The van der Waals surface area contributed by atoms with Gasteiger partial charge in [0.2, 0.25) is 0 Å². The Morgan fingerprint density at radius 2 is 1.81 bits per heavy atom. The zero-order chi connectivity index (χ0) is 18.7. The molecule has 1 fully saturated rings. The lowest BCUT2D eigenvalue weighted by Crippen LogP contribution is -2.42. The third kappa shape index (κ3) is 3.94. The molecular formula is C21H24N2O4. The number of hydrogen-bond acceptors (Lipinski definition) is 4. The van der Waals surface area contributed by atoms with Crippen LogP contribution in [-0.2, 0) is 12.0 Å². The molecule has 6 nitrogen and oxygen atoms in total. The van der Waals surface area contributed by atoms with E-state index in [9.17, 15) is 4.79 Å². The van der Waals surface area contributed by atoms with Crippen molar-refractivity contribution in [3.8, 4) is 17.2 Å². The second-order valence-electron chi connectivity index (χ2n) is 6.92. The van der Waals surface area contributed by atoms with Gasteiger partial charge in [-0.15, -0.1) is 0 Å². The van der Waals surface area contributed by atoms with Crippen LogP contribution in [-0.4, -0.2) is 32.9 Å². The maximum Gasteiger partial charge on any atom is 0.315 e. The Hall–Kier alpha value is -2.89. The quantitative estimate of drug-likeness (QED) is 0.822. The van der Waals surface area contributed by atoms with Gasteiger partial charge in [0.25, 0.3) is 0 Å². The van der Waals surface area contributed by atoms with Crippen LogP contribution in [0.1, 0.15) is 24.0 Å². The van der Waals surface area contributed by atoms with Crippen molar-refractivity contribution in [1.29, 1.82) is 0 Å². The molecule has 6 heteroatoms. The highest BCUT2D eigenvalue weighted by Gasteiger charge is 2.46. The van der Waals surface area contributed by atoms with Crippen molar-refractivity contribution in [3.05, 3.63) is 53.6 Å². The maximum atomic E-state index is 12.4. The minimum atomic E-state index is -0.292. The summed E-state index contributed by atoms with van der Waals surface area (Å²) in [6, 6.07) is 13.7. The fourth-order valence-electron chi connectivity index (χ4n) is 3.33. The zero-order valence-electron chi connectivity index (χ0n) is 15.4. The Morgan fingerprint density at radius 1 is 1.07 bits per heavy atom. The van der Waals surface area contributed by atoms with E-state index in [0.717, 1.165) is 47.6 Å². The minimum Gasteiger partial charge on any atom is -0.497 e. The molecule has 0 bridgehead atoms. The Labute approximate surface area is 158 Å². The lowest BCUT2D eigenvalue weighted by Gasteiger charge is -2.23. The fourth-order valence-corrected chi connectivity index (χ4v) is 3.33. The molecule has 0 aromatic heterocycles. The van der Waals surface area contributed by atoms with Crippen molar-refractivity contribution in [3.63, 3.8) is 0 Å². The Balaban J connectivity index is 1.31. The third-order valence-corrected chi connectivity index (χ3v) is 5.06. The SMILES string of the molecule is COc1ccc(CCNC(=O)NC2(c3ccc4c(c3)OCCO4)CC2)cc1. The normalized spacial score (nSPS) is 16.3. The van der Waals surface area contributed by atoms with Crippen molar-refractivity contribution in [1.82, 2.24) is 10.6 Å². The summed E-state index contributed by atoms with van der Waals surface area (Å²) in [4.78, 5) is 12.4. The topological polar surface area (TPSA) is 68.8 Å². The first-order chi connectivity index (χ1) is 13.2. The number of ether oxygens (including phenoxy) is 3. The van der Waals surface area contributed by atoms with Gasteiger partial charge < -0.3 is 24.8 Å². The van der Waals surface area contributed by atoms with Crippen molar-refractivity contribution >= 4 is 6.03 Å². The van der Waals surface area contributed by atoms with Crippen LogP contribution < -0.4 is 24.8 Å². The number of urea groups is 1. The molecule has 27 heavy (non-hydrogen) atoms. The van der Waals surface area contributed by atoms with Crippen molar-refractivity contribution in [2.45, 2.75) is 24.8 Å². The number of amides is 2. The first-order valence-electron chi connectivity index (χ1n) is 9.28. The monoisotopic (exact) mass is 368 g/mol. The first kappa shape index (κ1) is 17.5. The van der Waals surface area contributed by atoms with Gasteiger partial charge in [-0.25, -0.2) is 4.79 Å². The summed E-state index contributed by atoms with van der Waals surface area (Å²) in [5, 5.41) is 6.08. The molecule has 4 rings (SSSR count). The molecular weight excluding hydrogens is 344 g/mol. The predicted molar refractivity (Wildman–Crippen MR) is 102 cm³/mol. The molecule has 2 aromatic rings. The molecule has 2 aromatic carbocycles. The summed E-state index contributed by atoms with van der Waals surface area (Å²) in [6.07, 6.45) is 2.63. The van der Waals surface area contributed by atoms with Crippen LogP contribution in [0.25, 0.3) is 0 Å². The number of carbonyl (C=O) groups excluding carboxylic acids is 1. The lowest BCUT2D eigenvalue weighted by atomic mass is 10.0. The molecule has 0 spiro atoms. The van der Waals surface area contributed by atoms with E-state index in [1.54, 1.807) is 7.11 Å². The molecule has 0 saturated heterocycles. The van der Waals surface area contributed by atoms with Gasteiger partial charge in [-0.2, -0.15) is 0 Å². The average Bonchev–Trinajstić information content (AvgIpc) is 3.48. The lowest BCUT2D eigenvalue weighted by molar-refractivity contribution is 0.171. The molecule has 1 saturated carbocycles. The highest BCUT2D eigenvalue weighted by Crippen LogP contribution is 2.47. The fraction of sp³-hybridized carbons (Fsp3) is 0.381. The second kappa shape index (κ2) is 7.39. The molecule has 1 aliphatic carbocycles. The van der Waals surface area contributed by atoms with Gasteiger partial charge >= 0.3 is 6.03 Å². The van der Waals surface area contributed by atoms with E-state index < -0.39 is 0 Å². The molecule has 1 aliphatic heterocycles. The van der Waals surface area contributed by atoms with Crippen LogP contribution in [0.15, 0.2) is 42.5 Å². The maximum absolute atomic E-state index is 12.4. The van der Waals surface area contributed by atoms with Crippen LogP contribution in [0.4, 0.5) is 4.79 Å². The number of rotatable bonds is 6. The number of benzene rings is 2. The van der Waals surface area contributed by atoms with Crippen LogP contribution in [0.5, 0.6) is 17.2 Å². The van der Waals surface area contributed by atoms with E-state index in [4.69, 9.17) is 14.2 Å². The van der Waals surface area contributed by atoms with Crippen LogP contribution in [0.2, 0.25) is 0 Å². The summed E-state index contributed by atoms with van der Waals surface area (Å²) >= 11 is 0. The van der Waals surface area contributed by atoms with E-state index >= 15 is 0 Å². The second-order valence-corrected chi connectivity index (χ2v) is 6.92. The number of hydrogen-bond donors (Lipinski definition) is 2. The summed E-state index contributed by atoms with van der Waals surface area (Å²) < 4.78 is 16.4. The van der Waals surface area contributed by atoms with E-state index in [-0.39, 0.29) is 11.6 Å². The summed E-state index contributed by atoms with van der Waals surface area (Å²) in [5.74, 6) is 2.36. The number of methoxy groups -OCH3 is 1. The number of fused-ring (bicyclic) bond motifs is 1. The predicted octanol–water partition coefficient (Wildman–Crippen LogP) is 3.00. The van der Waals surface area contributed by atoms with Gasteiger partial charge in [-0.3, -0.25) is 0 Å². The Morgan fingerprint density at radius 3 is 2.52 bits per heavy atom. The van der Waals surface area contributed by atoms with Gasteiger partial charge in [-0.05, 0) is 54.7 Å². The molecule has 142 valence electrons. The van der Waals surface area contributed by atoms with Crippen molar-refractivity contribution in [2.75, 3.05) is 26.9 Å². The molecule has 0 radical (unpaired) electrons. The van der Waals surface area contributed by atoms with Crippen LogP contribution in [0, 0.1) is 0 Å². The van der Waals surface area contributed by atoms with Crippen molar-refractivity contribution in [2.24, 2.45) is 0 Å². The minimum absolute atomic E-state index is 0.143. The van der Waals surface area contributed by atoms with E-state index in [1.165, 1.54) is 0 Å². The molecule has 1 heterocycles. The molecule has 0 unspecified atom stereocenters. The summed E-state index contributed by atoms with van der Waals surface area (Å²) in [7, 11) is 1.65. The Bertz CT molecular complexity index is 815. The van der Waals surface area contributed by atoms with Gasteiger partial charge in [-0.1, -0.05) is 18.2 Å². The number of nitrogens with one attached hydrogen (secondary N) is 2. The van der Waals surface area contributed by atoms with Gasteiger partial charge in [0, 0.05) is 6.54 Å². The van der Waals surface area contributed by atoms with E-state index in [2.05, 4.69) is 10.6 Å². The molecule has 2 N–H and O–H groups in total. The largest absolute Gasteiger partial charge is 0.497 e. The van der Waals surface area contributed by atoms with Crippen molar-refractivity contribution < 1.29 is 19.0 Å². The highest BCUT2D eigenvalue weighted by molar-refractivity contribution is 5.75. The van der Waals surface area contributed by atoms with Gasteiger partial charge in [0.15, 0.2) is 11.5 Å². The number of carbonyl (C=O) groups is 1. The molecule has 2 aliphatic rings.